The maximum atomic E-state index is 12.0. The molecular weight excluding hydrogens is 324 g/mol. The number of furan rings is 1. The third kappa shape index (κ3) is 4.90. The van der Waals surface area contributed by atoms with Crippen LogP contribution in [0.4, 0.5) is 4.79 Å². The second-order valence-electron chi connectivity index (χ2n) is 5.65. The third-order valence-electron chi connectivity index (χ3n) is 3.79. The number of hydrogen-bond acceptors (Lipinski definition) is 5. The number of aliphatic hydroxyl groups is 1. The van der Waals surface area contributed by atoms with Crippen LogP contribution in [0.25, 0.3) is 0 Å². The number of carbonyl (C=O) groups excluding carboxylic acids is 1. The van der Waals surface area contributed by atoms with Gasteiger partial charge in [0.1, 0.15) is 29.1 Å². The molecule has 7 nitrogen and oxygen atoms in total. The summed E-state index contributed by atoms with van der Waals surface area (Å²) in [6.45, 7) is 3.69. The molecule has 1 aromatic carbocycles. The van der Waals surface area contributed by atoms with Crippen molar-refractivity contribution in [3.05, 3.63) is 47.4 Å². The van der Waals surface area contributed by atoms with E-state index in [4.69, 9.17) is 13.9 Å². The first kappa shape index (κ1) is 18.7. The zero-order chi connectivity index (χ0) is 18.4. The fourth-order valence-electron chi connectivity index (χ4n) is 2.40. The van der Waals surface area contributed by atoms with Gasteiger partial charge in [0.05, 0.1) is 20.3 Å². The molecule has 0 spiro atoms. The Morgan fingerprint density at radius 3 is 2.60 bits per heavy atom. The molecule has 0 aliphatic carbocycles. The molecule has 0 fully saturated rings. The Morgan fingerprint density at radius 1 is 1.24 bits per heavy atom. The average Bonchev–Trinajstić information content (AvgIpc) is 3.05. The number of ether oxygens (including phenoxy) is 2. The fraction of sp³-hybridized carbons (Fsp3) is 0.389. The molecule has 0 saturated carbocycles. The van der Waals surface area contributed by atoms with E-state index in [-0.39, 0.29) is 12.6 Å². The normalized spacial score (nSPS) is 13.0. The van der Waals surface area contributed by atoms with Crippen molar-refractivity contribution in [1.29, 1.82) is 0 Å². The van der Waals surface area contributed by atoms with E-state index in [1.165, 1.54) is 7.11 Å². The number of benzene rings is 1. The Hall–Kier alpha value is -2.67. The summed E-state index contributed by atoms with van der Waals surface area (Å²) >= 11 is 0. The lowest BCUT2D eigenvalue weighted by molar-refractivity contribution is 0.168. The second kappa shape index (κ2) is 8.43. The molecule has 0 radical (unpaired) electrons. The minimum Gasteiger partial charge on any atom is -0.497 e. The predicted octanol–water partition coefficient (Wildman–Crippen LogP) is 2.70. The maximum Gasteiger partial charge on any atom is 0.315 e. The number of aliphatic hydroxyl groups excluding tert-OH is 1. The quantitative estimate of drug-likeness (QED) is 0.715. The molecule has 0 unspecified atom stereocenters. The van der Waals surface area contributed by atoms with Crippen molar-refractivity contribution in [2.24, 2.45) is 0 Å². The highest BCUT2D eigenvalue weighted by molar-refractivity contribution is 5.74. The monoisotopic (exact) mass is 348 g/mol. The van der Waals surface area contributed by atoms with Crippen LogP contribution in [-0.2, 0) is 0 Å². The molecule has 1 heterocycles. The van der Waals surface area contributed by atoms with Gasteiger partial charge in [-0.2, -0.15) is 0 Å². The third-order valence-corrected chi connectivity index (χ3v) is 3.79. The molecule has 2 amide bonds. The zero-order valence-electron chi connectivity index (χ0n) is 14.8. The van der Waals surface area contributed by atoms with E-state index < -0.39 is 12.1 Å². The SMILES string of the molecule is COc1ccc(OC)c([C@@H](O)CNC(=O)N[C@@H](C)c2ccc(C)o2)c1. The summed E-state index contributed by atoms with van der Waals surface area (Å²) in [6, 6.07) is 8.10. The lowest BCUT2D eigenvalue weighted by atomic mass is 10.1. The Labute approximate surface area is 146 Å². The van der Waals surface area contributed by atoms with E-state index in [9.17, 15) is 9.90 Å². The van der Waals surface area contributed by atoms with Gasteiger partial charge in [-0.1, -0.05) is 0 Å². The molecule has 0 aliphatic heterocycles. The number of methoxy groups -OCH3 is 2. The molecule has 0 bridgehead atoms. The number of rotatable bonds is 7. The summed E-state index contributed by atoms with van der Waals surface area (Å²) in [5.74, 6) is 2.57. The van der Waals surface area contributed by atoms with Crippen LogP contribution in [0.5, 0.6) is 11.5 Å². The zero-order valence-corrected chi connectivity index (χ0v) is 14.8. The van der Waals surface area contributed by atoms with E-state index in [1.54, 1.807) is 25.3 Å². The molecule has 0 aliphatic rings. The molecule has 2 atom stereocenters. The predicted molar refractivity (Wildman–Crippen MR) is 92.9 cm³/mol. The molecule has 25 heavy (non-hydrogen) atoms. The number of hydrogen-bond donors (Lipinski definition) is 3. The minimum absolute atomic E-state index is 0.0270. The van der Waals surface area contributed by atoms with Crippen LogP contribution >= 0.6 is 0 Å². The van der Waals surface area contributed by atoms with Crippen LogP contribution in [0.3, 0.4) is 0 Å². The van der Waals surface area contributed by atoms with Gasteiger partial charge < -0.3 is 29.6 Å². The summed E-state index contributed by atoms with van der Waals surface area (Å²) in [4.78, 5) is 12.0. The smallest absolute Gasteiger partial charge is 0.315 e. The van der Waals surface area contributed by atoms with Gasteiger partial charge in [-0.15, -0.1) is 0 Å². The Bertz CT molecular complexity index is 713. The summed E-state index contributed by atoms with van der Waals surface area (Å²) in [6.07, 6.45) is -0.933. The van der Waals surface area contributed by atoms with E-state index >= 15 is 0 Å². The van der Waals surface area contributed by atoms with Crippen LogP contribution in [0.15, 0.2) is 34.7 Å². The number of urea groups is 1. The van der Waals surface area contributed by atoms with Crippen LogP contribution in [0.2, 0.25) is 0 Å². The highest BCUT2D eigenvalue weighted by Gasteiger charge is 2.17. The Morgan fingerprint density at radius 2 is 2.00 bits per heavy atom. The van der Waals surface area contributed by atoms with Gasteiger partial charge in [0.25, 0.3) is 0 Å². The van der Waals surface area contributed by atoms with E-state index in [2.05, 4.69) is 10.6 Å². The maximum absolute atomic E-state index is 12.0. The van der Waals surface area contributed by atoms with Crippen molar-refractivity contribution >= 4 is 6.03 Å². The van der Waals surface area contributed by atoms with Crippen molar-refractivity contribution < 1.29 is 23.8 Å². The molecule has 136 valence electrons. The first-order valence-electron chi connectivity index (χ1n) is 7.95. The number of nitrogens with one attached hydrogen (secondary N) is 2. The summed E-state index contributed by atoms with van der Waals surface area (Å²) < 4.78 is 15.9. The van der Waals surface area contributed by atoms with Crippen molar-refractivity contribution in [2.45, 2.75) is 26.0 Å². The van der Waals surface area contributed by atoms with Gasteiger partial charge in [-0.05, 0) is 44.2 Å². The fourth-order valence-corrected chi connectivity index (χ4v) is 2.40. The van der Waals surface area contributed by atoms with Crippen LogP contribution in [-0.4, -0.2) is 31.9 Å². The van der Waals surface area contributed by atoms with Gasteiger partial charge in [-0.3, -0.25) is 0 Å². The van der Waals surface area contributed by atoms with Crippen molar-refractivity contribution in [2.75, 3.05) is 20.8 Å². The Kier molecular flexibility index (Phi) is 6.30. The highest BCUT2D eigenvalue weighted by atomic mass is 16.5. The average molecular weight is 348 g/mol. The highest BCUT2D eigenvalue weighted by Crippen LogP contribution is 2.29. The van der Waals surface area contributed by atoms with E-state index in [0.29, 0.717) is 22.8 Å². The van der Waals surface area contributed by atoms with E-state index in [0.717, 1.165) is 5.76 Å². The first-order valence-corrected chi connectivity index (χ1v) is 7.95. The topological polar surface area (TPSA) is 93.0 Å². The summed E-state index contributed by atoms with van der Waals surface area (Å²) in [5.41, 5.74) is 0.539. The molecule has 7 heteroatoms. The molecule has 2 rings (SSSR count). The molecule has 1 aromatic heterocycles. The van der Waals surface area contributed by atoms with Gasteiger partial charge in [0.15, 0.2) is 0 Å². The number of amides is 2. The number of carbonyl (C=O) groups is 1. The van der Waals surface area contributed by atoms with Gasteiger partial charge in [0, 0.05) is 12.1 Å². The van der Waals surface area contributed by atoms with Crippen LogP contribution in [0, 0.1) is 6.92 Å². The molecule has 0 saturated heterocycles. The standard InChI is InChI=1S/C18H24N2O5/c1-11-5-7-16(25-11)12(2)20-18(22)19-10-15(21)14-9-13(23-3)6-8-17(14)24-4/h5-9,12,15,21H,10H2,1-4H3,(H2,19,20,22)/t12-,15-/m0/s1. The van der Waals surface area contributed by atoms with E-state index in [1.807, 2.05) is 26.0 Å². The summed E-state index contributed by atoms with van der Waals surface area (Å²) in [5, 5.41) is 15.8. The molecule has 3 N–H and O–H groups in total. The Balaban J connectivity index is 1.93. The second-order valence-corrected chi connectivity index (χ2v) is 5.65. The first-order chi connectivity index (χ1) is 11.9. The van der Waals surface area contributed by atoms with Crippen molar-refractivity contribution in [3.8, 4) is 11.5 Å². The van der Waals surface area contributed by atoms with Crippen LogP contribution in [0.1, 0.15) is 36.2 Å². The lowest BCUT2D eigenvalue weighted by Crippen LogP contribution is -2.39. The molecule has 2 aromatic rings. The van der Waals surface area contributed by atoms with Gasteiger partial charge in [-0.25, -0.2) is 4.79 Å². The summed E-state index contributed by atoms with van der Waals surface area (Å²) in [7, 11) is 3.06. The molecular formula is C18H24N2O5. The van der Waals surface area contributed by atoms with Crippen molar-refractivity contribution in [3.63, 3.8) is 0 Å². The van der Waals surface area contributed by atoms with Crippen LogP contribution < -0.4 is 20.1 Å². The van der Waals surface area contributed by atoms with Gasteiger partial charge >= 0.3 is 6.03 Å². The lowest BCUT2D eigenvalue weighted by Gasteiger charge is -2.18. The number of aryl methyl sites for hydroxylation is 1. The van der Waals surface area contributed by atoms with Crippen molar-refractivity contribution in [1.82, 2.24) is 10.6 Å². The largest absolute Gasteiger partial charge is 0.497 e. The minimum atomic E-state index is -0.933. The van der Waals surface area contributed by atoms with Gasteiger partial charge in [0.2, 0.25) is 0 Å².